The van der Waals surface area contributed by atoms with Gasteiger partial charge in [-0.2, -0.15) is 0 Å². The van der Waals surface area contributed by atoms with Crippen LogP contribution >= 0.6 is 11.6 Å². The second kappa shape index (κ2) is 7.71. The molecule has 1 aliphatic heterocycles. The molecule has 2 aromatic carbocycles. The summed E-state index contributed by atoms with van der Waals surface area (Å²) in [4.78, 5) is 27.4. The van der Waals surface area contributed by atoms with Crippen LogP contribution < -0.4 is 11.1 Å². The van der Waals surface area contributed by atoms with Gasteiger partial charge < -0.3 is 16.0 Å². The first-order chi connectivity index (χ1) is 12.8. The largest absolute Gasteiger partial charge is 0.338 e. The molecule has 1 atom stereocenters. The third-order valence-corrected chi connectivity index (χ3v) is 5.36. The van der Waals surface area contributed by atoms with Gasteiger partial charge in [0.25, 0.3) is 11.8 Å². The second-order valence-corrected chi connectivity index (χ2v) is 8.05. The fourth-order valence-corrected chi connectivity index (χ4v) is 3.42. The van der Waals surface area contributed by atoms with E-state index in [9.17, 15) is 9.59 Å². The maximum Gasteiger partial charge on any atom is 0.255 e. The molecular formula is C21H24ClN3O2. The normalized spacial score (nSPS) is 18.8. The molecule has 27 heavy (non-hydrogen) atoms. The third-order valence-electron chi connectivity index (χ3n) is 5.11. The van der Waals surface area contributed by atoms with E-state index in [1.54, 1.807) is 48.5 Å². The summed E-state index contributed by atoms with van der Waals surface area (Å²) in [7, 11) is 0. The molecule has 0 bridgehead atoms. The number of nitrogens with one attached hydrogen (secondary N) is 1. The molecule has 0 spiro atoms. The number of amides is 2. The average molecular weight is 386 g/mol. The minimum Gasteiger partial charge on any atom is -0.338 e. The average Bonchev–Trinajstić information content (AvgIpc) is 2.64. The molecular weight excluding hydrogens is 362 g/mol. The lowest BCUT2D eigenvalue weighted by atomic mass is 9.79. The molecule has 1 fully saturated rings. The summed E-state index contributed by atoms with van der Waals surface area (Å²) in [6, 6.07) is 13.8. The molecule has 3 rings (SSSR count). The number of rotatable bonds is 3. The van der Waals surface area contributed by atoms with Crippen LogP contribution in [0.1, 0.15) is 41.0 Å². The first kappa shape index (κ1) is 19.4. The van der Waals surface area contributed by atoms with E-state index in [0.717, 1.165) is 6.42 Å². The number of nitrogens with two attached hydrogens (primary N) is 1. The molecule has 1 heterocycles. The van der Waals surface area contributed by atoms with E-state index in [1.807, 2.05) is 4.90 Å². The van der Waals surface area contributed by atoms with Gasteiger partial charge in [-0.25, -0.2) is 0 Å². The van der Waals surface area contributed by atoms with Gasteiger partial charge in [-0.1, -0.05) is 37.6 Å². The molecule has 1 saturated heterocycles. The number of para-hydroxylation sites is 1. The highest BCUT2D eigenvalue weighted by Gasteiger charge is 2.36. The van der Waals surface area contributed by atoms with E-state index in [4.69, 9.17) is 17.3 Å². The number of nitrogens with zero attached hydrogens (tertiary/aromatic N) is 1. The number of carbonyl (C=O) groups excluding carboxylic acids is 2. The first-order valence-electron chi connectivity index (χ1n) is 8.99. The number of benzene rings is 2. The summed E-state index contributed by atoms with van der Waals surface area (Å²) in [5, 5.41) is 3.40. The summed E-state index contributed by atoms with van der Waals surface area (Å²) >= 11 is 5.87. The van der Waals surface area contributed by atoms with Crippen molar-refractivity contribution in [3.8, 4) is 0 Å². The highest BCUT2D eigenvalue weighted by molar-refractivity contribution is 6.30. The predicted octanol–water partition coefficient (Wildman–Crippen LogP) is 3.79. The summed E-state index contributed by atoms with van der Waals surface area (Å²) in [5.41, 5.74) is 7.49. The van der Waals surface area contributed by atoms with Crippen LogP contribution in [0.15, 0.2) is 48.5 Å². The van der Waals surface area contributed by atoms with Crippen molar-refractivity contribution in [3.63, 3.8) is 0 Å². The number of carbonyl (C=O) groups is 2. The van der Waals surface area contributed by atoms with Crippen molar-refractivity contribution in [1.82, 2.24) is 4.90 Å². The molecule has 0 saturated carbocycles. The van der Waals surface area contributed by atoms with Crippen LogP contribution in [-0.4, -0.2) is 35.8 Å². The van der Waals surface area contributed by atoms with Gasteiger partial charge in [-0.05, 0) is 48.2 Å². The zero-order valence-electron chi connectivity index (χ0n) is 15.5. The van der Waals surface area contributed by atoms with Crippen LogP contribution in [0.25, 0.3) is 0 Å². The Kier molecular flexibility index (Phi) is 5.53. The van der Waals surface area contributed by atoms with Gasteiger partial charge in [0, 0.05) is 29.7 Å². The minimum absolute atomic E-state index is 0.0707. The molecule has 142 valence electrons. The maximum atomic E-state index is 13.1. The van der Waals surface area contributed by atoms with E-state index in [0.29, 0.717) is 34.9 Å². The molecule has 5 nitrogen and oxygen atoms in total. The number of piperidine rings is 1. The van der Waals surface area contributed by atoms with Crippen molar-refractivity contribution in [3.05, 3.63) is 64.7 Å². The number of halogens is 1. The number of hydrogen-bond donors (Lipinski definition) is 2. The van der Waals surface area contributed by atoms with Gasteiger partial charge in [-0.15, -0.1) is 0 Å². The lowest BCUT2D eigenvalue weighted by molar-refractivity contribution is 0.0534. The van der Waals surface area contributed by atoms with Gasteiger partial charge in [0.1, 0.15) is 0 Å². The Hall–Kier alpha value is -2.37. The molecule has 0 aromatic heterocycles. The van der Waals surface area contributed by atoms with Crippen LogP contribution in [0.2, 0.25) is 5.02 Å². The highest BCUT2D eigenvalue weighted by Crippen LogP contribution is 2.29. The molecule has 2 amide bonds. The lowest BCUT2D eigenvalue weighted by Crippen LogP contribution is -2.54. The van der Waals surface area contributed by atoms with Gasteiger partial charge >= 0.3 is 0 Å². The van der Waals surface area contributed by atoms with E-state index < -0.39 is 0 Å². The summed E-state index contributed by atoms with van der Waals surface area (Å²) in [5.74, 6) is -0.380. The van der Waals surface area contributed by atoms with Crippen LogP contribution in [0.4, 0.5) is 5.69 Å². The Bertz CT molecular complexity index is 849. The van der Waals surface area contributed by atoms with E-state index in [1.165, 1.54) is 0 Å². The Balaban J connectivity index is 1.80. The van der Waals surface area contributed by atoms with Crippen molar-refractivity contribution in [2.45, 2.75) is 26.3 Å². The zero-order valence-corrected chi connectivity index (χ0v) is 16.3. The Morgan fingerprint density at radius 2 is 1.81 bits per heavy atom. The predicted molar refractivity (Wildman–Crippen MR) is 108 cm³/mol. The molecule has 6 heteroatoms. The number of hydrogen-bond acceptors (Lipinski definition) is 3. The van der Waals surface area contributed by atoms with Crippen molar-refractivity contribution >= 4 is 29.1 Å². The zero-order chi connectivity index (χ0) is 19.6. The van der Waals surface area contributed by atoms with Gasteiger partial charge in [-0.3, -0.25) is 9.59 Å². The molecule has 3 N–H and O–H groups in total. The van der Waals surface area contributed by atoms with Crippen molar-refractivity contribution in [1.29, 1.82) is 0 Å². The molecule has 0 aliphatic carbocycles. The van der Waals surface area contributed by atoms with E-state index in [-0.39, 0.29) is 23.3 Å². The first-order valence-corrected chi connectivity index (χ1v) is 9.36. The Labute approximate surface area is 164 Å². The second-order valence-electron chi connectivity index (χ2n) is 7.62. The van der Waals surface area contributed by atoms with E-state index >= 15 is 0 Å². The van der Waals surface area contributed by atoms with E-state index in [2.05, 4.69) is 19.2 Å². The highest BCUT2D eigenvalue weighted by atomic mass is 35.5. The minimum atomic E-state index is -0.284. The van der Waals surface area contributed by atoms with Crippen LogP contribution in [-0.2, 0) is 0 Å². The van der Waals surface area contributed by atoms with Crippen molar-refractivity contribution < 1.29 is 9.59 Å². The maximum absolute atomic E-state index is 13.1. The van der Waals surface area contributed by atoms with Crippen molar-refractivity contribution in [2.75, 3.05) is 18.4 Å². The van der Waals surface area contributed by atoms with Gasteiger partial charge in [0.2, 0.25) is 0 Å². The summed E-state index contributed by atoms with van der Waals surface area (Å²) in [6.07, 6.45) is 0.762. The molecule has 0 radical (unpaired) electrons. The number of anilines is 1. The fraction of sp³-hybridized carbons (Fsp3) is 0.333. The summed E-state index contributed by atoms with van der Waals surface area (Å²) < 4.78 is 0. The van der Waals surface area contributed by atoms with Crippen LogP contribution in [0.5, 0.6) is 0 Å². The summed E-state index contributed by atoms with van der Waals surface area (Å²) in [6.45, 7) is 5.35. The number of likely N-dealkylation sites (tertiary alicyclic amines) is 1. The Morgan fingerprint density at radius 3 is 2.48 bits per heavy atom. The third kappa shape index (κ3) is 4.31. The molecule has 1 aliphatic rings. The quantitative estimate of drug-likeness (QED) is 0.843. The molecule has 2 aromatic rings. The van der Waals surface area contributed by atoms with Gasteiger partial charge in [0.05, 0.1) is 11.3 Å². The van der Waals surface area contributed by atoms with Crippen LogP contribution in [0.3, 0.4) is 0 Å². The molecule has 1 unspecified atom stereocenters. The monoisotopic (exact) mass is 385 g/mol. The Morgan fingerprint density at radius 1 is 1.15 bits per heavy atom. The fourth-order valence-electron chi connectivity index (χ4n) is 3.29. The lowest BCUT2D eigenvalue weighted by Gasteiger charge is -2.42. The smallest absolute Gasteiger partial charge is 0.255 e. The van der Waals surface area contributed by atoms with Crippen molar-refractivity contribution in [2.24, 2.45) is 11.1 Å². The van der Waals surface area contributed by atoms with Crippen LogP contribution in [0, 0.1) is 5.41 Å². The standard InChI is InChI=1S/C21H24ClN3O2/c1-21(2)13-25(12-11-18(21)23)20(27)16-5-3-4-6-17(16)24-19(26)14-7-9-15(22)10-8-14/h3-10,18H,11-13,23H2,1-2H3,(H,24,26). The topological polar surface area (TPSA) is 75.4 Å². The SMILES string of the molecule is CC1(C)CN(C(=O)c2ccccc2NC(=O)c2ccc(Cl)cc2)CCC1N. The van der Waals surface area contributed by atoms with Gasteiger partial charge in [0.15, 0.2) is 0 Å².